The molecule has 4 aromatic heterocycles. The molecule has 6 heteroatoms. The molecule has 10 aromatic carbocycles. The summed E-state index contributed by atoms with van der Waals surface area (Å²) in [5.74, 6) is 1.75. The molecule has 0 fully saturated rings. The van der Waals surface area contributed by atoms with Crippen LogP contribution in [0.2, 0.25) is 0 Å². The van der Waals surface area contributed by atoms with Crippen LogP contribution in [0.4, 0.5) is 0 Å². The van der Waals surface area contributed by atoms with Crippen molar-refractivity contribution in [3.63, 3.8) is 0 Å². The lowest BCUT2D eigenvalue weighted by Gasteiger charge is -2.16. The second kappa shape index (κ2) is 15.6. The predicted octanol–water partition coefficient (Wildman–Crippen LogP) is 15.8. The first-order chi connectivity index (χ1) is 34.2. The molecule has 0 saturated heterocycles. The van der Waals surface area contributed by atoms with Gasteiger partial charge in [-0.05, 0) is 59.2 Å². The SMILES string of the molecule is c1ccc(-c2ccc(-c3nc(-c4ccccc4)nc(-n4c5ccccc5c5ccc6c7cc(-n8c9ccccc9c9ccccc98)ccc7n(-c7ccccc7-c7ccccc7)c6c54)n3)cc2)cc1. The third-order valence-corrected chi connectivity index (χ3v) is 13.7. The molecule has 69 heavy (non-hydrogen) atoms. The Morgan fingerprint density at radius 1 is 0.261 bits per heavy atom. The van der Waals surface area contributed by atoms with Crippen LogP contribution in [0.15, 0.2) is 243 Å². The van der Waals surface area contributed by atoms with Gasteiger partial charge in [0.2, 0.25) is 5.95 Å². The molecule has 0 atom stereocenters. The van der Waals surface area contributed by atoms with Gasteiger partial charge in [0.25, 0.3) is 0 Å². The van der Waals surface area contributed by atoms with Crippen molar-refractivity contribution in [3.05, 3.63) is 243 Å². The number of nitrogens with zero attached hydrogens (tertiary/aromatic N) is 6. The number of para-hydroxylation sites is 4. The molecule has 14 aromatic rings. The zero-order chi connectivity index (χ0) is 45.4. The zero-order valence-electron chi connectivity index (χ0n) is 37.3. The molecular weight excluding hydrogens is 841 g/mol. The smallest absolute Gasteiger partial charge is 0.238 e. The summed E-state index contributed by atoms with van der Waals surface area (Å²) in [6.07, 6.45) is 0. The van der Waals surface area contributed by atoms with Crippen molar-refractivity contribution < 1.29 is 0 Å². The number of hydrogen-bond donors (Lipinski definition) is 0. The Labute approximate surface area is 397 Å². The summed E-state index contributed by atoms with van der Waals surface area (Å²) in [5, 5.41) is 6.96. The summed E-state index contributed by atoms with van der Waals surface area (Å²) < 4.78 is 7.16. The molecule has 0 N–H and O–H groups in total. The lowest BCUT2D eigenvalue weighted by molar-refractivity contribution is 0.953. The fourth-order valence-electron chi connectivity index (χ4n) is 10.6. The van der Waals surface area contributed by atoms with Crippen molar-refractivity contribution in [1.82, 2.24) is 28.7 Å². The van der Waals surface area contributed by atoms with Crippen molar-refractivity contribution in [2.75, 3.05) is 0 Å². The summed E-state index contributed by atoms with van der Waals surface area (Å²) in [4.78, 5) is 16.0. The van der Waals surface area contributed by atoms with Crippen LogP contribution in [-0.2, 0) is 0 Å². The standard InChI is InChI=1S/C63H40N6/c1-4-18-41(19-5-1)42-32-34-45(35-33-42)62-64-61(44-22-8-3-9-23-44)65-63(66-62)69-57-31-17-13-27-50(57)51-37-38-52-53-40-46(67-55-29-15-11-25-48(55)49-26-12-16-30-56(49)67)36-39-58(53)68(59(52)60(51)69)54-28-14-10-24-47(54)43-20-6-2-7-21-43/h1-40H. The maximum atomic E-state index is 5.44. The van der Waals surface area contributed by atoms with Crippen LogP contribution >= 0.6 is 0 Å². The van der Waals surface area contributed by atoms with Gasteiger partial charge in [-0.3, -0.25) is 4.57 Å². The second-order valence-electron chi connectivity index (χ2n) is 17.6. The average Bonchev–Trinajstić information content (AvgIpc) is 4.07. The highest BCUT2D eigenvalue weighted by Gasteiger charge is 2.25. The fourth-order valence-corrected chi connectivity index (χ4v) is 10.6. The molecule has 0 bridgehead atoms. The van der Waals surface area contributed by atoms with E-state index in [0.717, 1.165) is 88.4 Å². The van der Waals surface area contributed by atoms with E-state index in [-0.39, 0.29) is 0 Å². The molecule has 14 rings (SSSR count). The van der Waals surface area contributed by atoms with Crippen LogP contribution in [0.3, 0.4) is 0 Å². The van der Waals surface area contributed by atoms with Gasteiger partial charge in [0.05, 0.1) is 38.8 Å². The average molecular weight is 881 g/mol. The van der Waals surface area contributed by atoms with Gasteiger partial charge in [0, 0.05) is 54.7 Å². The van der Waals surface area contributed by atoms with E-state index in [4.69, 9.17) is 15.0 Å². The van der Waals surface area contributed by atoms with Crippen LogP contribution in [0, 0.1) is 0 Å². The molecule has 0 radical (unpaired) electrons. The highest BCUT2D eigenvalue weighted by molar-refractivity contribution is 6.24. The number of aromatic nitrogens is 6. The largest absolute Gasteiger partial charge is 0.309 e. The molecule has 0 unspecified atom stereocenters. The topological polar surface area (TPSA) is 53.5 Å². The van der Waals surface area contributed by atoms with Crippen LogP contribution in [0.5, 0.6) is 0 Å². The Morgan fingerprint density at radius 2 is 0.696 bits per heavy atom. The van der Waals surface area contributed by atoms with Crippen LogP contribution < -0.4 is 0 Å². The predicted molar refractivity (Wildman–Crippen MR) is 285 cm³/mol. The minimum Gasteiger partial charge on any atom is -0.309 e. The molecule has 4 heterocycles. The Hall–Kier alpha value is -9.39. The molecule has 0 aliphatic heterocycles. The van der Waals surface area contributed by atoms with Crippen molar-refractivity contribution >= 4 is 65.4 Å². The normalized spacial score (nSPS) is 11.8. The molecule has 0 saturated carbocycles. The Kier molecular flexibility index (Phi) is 8.79. The summed E-state index contributed by atoms with van der Waals surface area (Å²) in [5.41, 5.74) is 15.1. The van der Waals surface area contributed by atoms with Gasteiger partial charge in [-0.1, -0.05) is 200 Å². The Morgan fingerprint density at radius 3 is 1.33 bits per heavy atom. The lowest BCUT2D eigenvalue weighted by atomic mass is 10.0. The third-order valence-electron chi connectivity index (χ3n) is 13.7. The first kappa shape index (κ1) is 38.8. The van der Waals surface area contributed by atoms with Gasteiger partial charge in [0.15, 0.2) is 11.6 Å². The summed E-state index contributed by atoms with van der Waals surface area (Å²) >= 11 is 0. The van der Waals surface area contributed by atoms with E-state index < -0.39 is 0 Å². The monoisotopic (exact) mass is 880 g/mol. The molecule has 0 spiro atoms. The third kappa shape index (κ3) is 6.16. The van der Waals surface area contributed by atoms with Crippen molar-refractivity contribution in [3.8, 4) is 62.4 Å². The van der Waals surface area contributed by atoms with E-state index in [0.29, 0.717) is 17.6 Å². The van der Waals surface area contributed by atoms with Crippen molar-refractivity contribution in [2.45, 2.75) is 0 Å². The molecule has 0 aliphatic rings. The summed E-state index contributed by atoms with van der Waals surface area (Å²) in [6.45, 7) is 0. The van der Waals surface area contributed by atoms with E-state index in [1.54, 1.807) is 0 Å². The van der Waals surface area contributed by atoms with Gasteiger partial charge in [0.1, 0.15) is 0 Å². The summed E-state index contributed by atoms with van der Waals surface area (Å²) in [7, 11) is 0. The number of fused-ring (bicyclic) bond motifs is 10. The quantitative estimate of drug-likeness (QED) is 0.160. The van der Waals surface area contributed by atoms with Crippen molar-refractivity contribution in [2.24, 2.45) is 0 Å². The zero-order valence-corrected chi connectivity index (χ0v) is 37.3. The number of hydrogen-bond acceptors (Lipinski definition) is 3. The highest BCUT2D eigenvalue weighted by atomic mass is 15.2. The van der Waals surface area contributed by atoms with Crippen LogP contribution in [0.1, 0.15) is 0 Å². The van der Waals surface area contributed by atoms with Crippen LogP contribution in [0.25, 0.3) is 128 Å². The Bertz CT molecular complexity index is 4230. The van der Waals surface area contributed by atoms with Gasteiger partial charge in [-0.2, -0.15) is 9.97 Å². The molecule has 0 aliphatic carbocycles. The highest BCUT2D eigenvalue weighted by Crippen LogP contribution is 2.44. The first-order valence-corrected chi connectivity index (χ1v) is 23.4. The molecule has 0 amide bonds. The molecule has 6 nitrogen and oxygen atoms in total. The van der Waals surface area contributed by atoms with Crippen molar-refractivity contribution in [1.29, 1.82) is 0 Å². The maximum absolute atomic E-state index is 5.44. The van der Waals surface area contributed by atoms with E-state index in [2.05, 4.69) is 232 Å². The van der Waals surface area contributed by atoms with Crippen LogP contribution in [-0.4, -0.2) is 28.7 Å². The van der Waals surface area contributed by atoms with Gasteiger partial charge in [-0.25, -0.2) is 4.98 Å². The molecule has 322 valence electrons. The number of benzene rings is 10. The fraction of sp³-hybridized carbons (Fsp3) is 0. The first-order valence-electron chi connectivity index (χ1n) is 23.4. The van der Waals surface area contributed by atoms with E-state index in [1.807, 2.05) is 24.3 Å². The second-order valence-corrected chi connectivity index (χ2v) is 17.6. The lowest BCUT2D eigenvalue weighted by Crippen LogP contribution is -2.07. The van der Waals surface area contributed by atoms with Gasteiger partial charge in [-0.15, -0.1) is 0 Å². The minimum atomic E-state index is 0.545. The Balaban J connectivity index is 1.10. The van der Waals surface area contributed by atoms with E-state index >= 15 is 0 Å². The van der Waals surface area contributed by atoms with E-state index in [1.165, 1.54) is 21.8 Å². The maximum Gasteiger partial charge on any atom is 0.238 e. The van der Waals surface area contributed by atoms with Gasteiger partial charge >= 0.3 is 0 Å². The minimum absolute atomic E-state index is 0.545. The summed E-state index contributed by atoms with van der Waals surface area (Å²) in [6, 6.07) is 86.3. The van der Waals surface area contributed by atoms with E-state index in [9.17, 15) is 0 Å². The number of rotatable bonds is 7. The van der Waals surface area contributed by atoms with Gasteiger partial charge < -0.3 is 9.13 Å². The molecular formula is C63H40N6.